The number of nitrogens with zero attached hydrogens (tertiary/aromatic N) is 1. The van der Waals surface area contributed by atoms with Crippen molar-refractivity contribution >= 4 is 23.5 Å². The normalized spacial score (nSPS) is 16.8. The Kier molecular flexibility index (Phi) is 5.70. The van der Waals surface area contributed by atoms with Crippen LogP contribution < -0.4 is 0 Å². The maximum atomic E-state index is 12.2. The van der Waals surface area contributed by atoms with Crippen molar-refractivity contribution in [2.24, 2.45) is 0 Å². The second-order valence-corrected chi connectivity index (χ2v) is 7.17. The van der Waals surface area contributed by atoms with Gasteiger partial charge in [-0.25, -0.2) is 0 Å². The van der Waals surface area contributed by atoms with Crippen LogP contribution in [0.2, 0.25) is 0 Å². The molecule has 0 bridgehead atoms. The van der Waals surface area contributed by atoms with Gasteiger partial charge in [-0.05, 0) is 17.5 Å². The number of amides is 1. The summed E-state index contributed by atoms with van der Waals surface area (Å²) in [5, 5.41) is 0.137. The van der Waals surface area contributed by atoms with Crippen molar-refractivity contribution < 1.29 is 9.59 Å². The lowest BCUT2D eigenvalue weighted by atomic mass is 10.1. The molecule has 1 aliphatic heterocycles. The molecule has 0 aromatic heterocycles. The number of ketones is 1. The van der Waals surface area contributed by atoms with Crippen molar-refractivity contribution in [3.05, 3.63) is 71.8 Å². The molecule has 0 aliphatic carbocycles. The van der Waals surface area contributed by atoms with E-state index >= 15 is 0 Å². The monoisotopic (exact) mass is 339 g/mol. The van der Waals surface area contributed by atoms with Crippen LogP contribution >= 0.6 is 11.8 Å². The number of Topliss-reactive ketones (excluding diaryl/α,β-unsaturated/α-hetero) is 1. The fraction of sp³-hybridized carbons (Fsp3) is 0.300. The number of β-lactam (4-membered cyclic amide) rings is 1. The van der Waals surface area contributed by atoms with E-state index in [9.17, 15) is 9.59 Å². The zero-order valence-electron chi connectivity index (χ0n) is 13.6. The molecule has 2 aromatic carbocycles. The first-order valence-corrected chi connectivity index (χ1v) is 9.28. The van der Waals surface area contributed by atoms with Crippen LogP contribution in [0.1, 0.15) is 24.0 Å². The summed E-state index contributed by atoms with van der Waals surface area (Å²) >= 11 is 1.74. The van der Waals surface area contributed by atoms with Crippen molar-refractivity contribution in [3.8, 4) is 0 Å². The van der Waals surface area contributed by atoms with Crippen LogP contribution in [0.4, 0.5) is 0 Å². The van der Waals surface area contributed by atoms with Gasteiger partial charge in [0.25, 0.3) is 0 Å². The van der Waals surface area contributed by atoms with E-state index in [0.29, 0.717) is 12.8 Å². The molecule has 2 aromatic rings. The number of carbonyl (C=O) groups is 2. The molecule has 1 aliphatic rings. The zero-order chi connectivity index (χ0) is 16.8. The van der Waals surface area contributed by atoms with E-state index in [-0.39, 0.29) is 23.6 Å². The summed E-state index contributed by atoms with van der Waals surface area (Å²) in [5.41, 5.74) is 2.41. The molecule has 24 heavy (non-hydrogen) atoms. The summed E-state index contributed by atoms with van der Waals surface area (Å²) in [6.07, 6.45) is 1.77. The molecule has 1 fully saturated rings. The lowest BCUT2D eigenvalue weighted by Crippen LogP contribution is -2.52. The molecule has 3 nitrogen and oxygen atoms in total. The lowest BCUT2D eigenvalue weighted by molar-refractivity contribution is -0.144. The molecule has 1 atom stereocenters. The van der Waals surface area contributed by atoms with Crippen molar-refractivity contribution in [2.45, 2.75) is 30.4 Å². The summed E-state index contributed by atoms with van der Waals surface area (Å²) in [6, 6.07) is 20.2. The quantitative estimate of drug-likeness (QED) is 0.689. The van der Waals surface area contributed by atoms with Crippen molar-refractivity contribution in [1.29, 1.82) is 0 Å². The van der Waals surface area contributed by atoms with Gasteiger partial charge in [0.15, 0.2) is 5.78 Å². The van der Waals surface area contributed by atoms with Crippen LogP contribution in [-0.4, -0.2) is 28.5 Å². The first-order valence-electron chi connectivity index (χ1n) is 8.23. The van der Waals surface area contributed by atoms with E-state index in [0.717, 1.165) is 17.7 Å². The van der Waals surface area contributed by atoms with Crippen LogP contribution in [0.15, 0.2) is 60.7 Å². The maximum Gasteiger partial charge on any atom is 0.226 e. The Balaban J connectivity index is 1.44. The Morgan fingerprint density at radius 2 is 1.62 bits per heavy atom. The third-order valence-corrected chi connectivity index (χ3v) is 5.49. The number of benzene rings is 2. The van der Waals surface area contributed by atoms with Gasteiger partial charge in [0.1, 0.15) is 0 Å². The topological polar surface area (TPSA) is 37.4 Å². The molecule has 1 unspecified atom stereocenters. The van der Waals surface area contributed by atoms with Gasteiger partial charge < -0.3 is 4.90 Å². The molecule has 1 amide bonds. The number of hydrogen-bond donors (Lipinski definition) is 0. The highest BCUT2D eigenvalue weighted by Gasteiger charge is 2.37. The smallest absolute Gasteiger partial charge is 0.226 e. The third-order valence-electron chi connectivity index (χ3n) is 4.18. The van der Waals surface area contributed by atoms with Gasteiger partial charge in [-0.3, -0.25) is 9.59 Å². The standard InChI is InChI=1S/C20H21NO2S/c22-18(12-11-16-7-3-1-4-8-16)14-21-19(23)13-20(21)24-15-17-9-5-2-6-10-17/h1-10,20H,11-15H2. The highest BCUT2D eigenvalue weighted by molar-refractivity contribution is 7.99. The van der Waals surface area contributed by atoms with Gasteiger partial charge in [-0.1, -0.05) is 60.7 Å². The highest BCUT2D eigenvalue weighted by atomic mass is 32.2. The first-order chi connectivity index (χ1) is 11.7. The molecule has 0 spiro atoms. The Labute approximate surface area is 147 Å². The van der Waals surface area contributed by atoms with E-state index in [1.54, 1.807) is 16.7 Å². The number of carbonyl (C=O) groups excluding carboxylic acids is 2. The van der Waals surface area contributed by atoms with E-state index in [1.807, 2.05) is 48.5 Å². The molecule has 0 radical (unpaired) electrons. The van der Waals surface area contributed by atoms with E-state index in [2.05, 4.69) is 12.1 Å². The minimum atomic E-state index is 0.0913. The van der Waals surface area contributed by atoms with Gasteiger partial charge in [-0.2, -0.15) is 0 Å². The van der Waals surface area contributed by atoms with Gasteiger partial charge in [0.05, 0.1) is 18.3 Å². The number of likely N-dealkylation sites (tertiary alicyclic amines) is 1. The largest absolute Gasteiger partial charge is 0.323 e. The Morgan fingerprint density at radius 1 is 1.00 bits per heavy atom. The number of rotatable bonds is 8. The molecular formula is C20H21NO2S. The minimum absolute atomic E-state index is 0.0913. The Bertz CT molecular complexity index is 687. The van der Waals surface area contributed by atoms with E-state index in [4.69, 9.17) is 0 Å². The van der Waals surface area contributed by atoms with Crippen molar-refractivity contribution in [2.75, 3.05) is 6.54 Å². The van der Waals surface area contributed by atoms with Crippen LogP contribution in [0.5, 0.6) is 0 Å². The van der Waals surface area contributed by atoms with Crippen LogP contribution in [0, 0.1) is 0 Å². The molecule has 124 valence electrons. The van der Waals surface area contributed by atoms with Crippen molar-refractivity contribution in [3.63, 3.8) is 0 Å². The minimum Gasteiger partial charge on any atom is -0.323 e. The average Bonchev–Trinajstić information content (AvgIpc) is 2.63. The third kappa shape index (κ3) is 4.48. The molecule has 1 heterocycles. The summed E-state index contributed by atoms with van der Waals surface area (Å²) < 4.78 is 0. The van der Waals surface area contributed by atoms with Crippen LogP contribution in [0.3, 0.4) is 0 Å². The van der Waals surface area contributed by atoms with Gasteiger partial charge >= 0.3 is 0 Å². The second-order valence-electron chi connectivity index (χ2n) is 6.00. The number of thioether (sulfide) groups is 1. The van der Waals surface area contributed by atoms with Gasteiger partial charge in [0, 0.05) is 12.2 Å². The maximum absolute atomic E-state index is 12.2. The molecule has 0 saturated carbocycles. The fourth-order valence-corrected chi connectivity index (χ4v) is 3.94. The molecular weight excluding hydrogens is 318 g/mol. The SMILES string of the molecule is O=C(CCc1ccccc1)CN1C(=O)CC1SCc1ccccc1. The Hall–Kier alpha value is -2.07. The van der Waals surface area contributed by atoms with E-state index < -0.39 is 0 Å². The van der Waals surface area contributed by atoms with Gasteiger partial charge in [0.2, 0.25) is 5.91 Å². The Morgan fingerprint density at radius 3 is 2.25 bits per heavy atom. The molecule has 4 heteroatoms. The number of hydrogen-bond acceptors (Lipinski definition) is 3. The average molecular weight is 339 g/mol. The van der Waals surface area contributed by atoms with Crippen LogP contribution in [-0.2, 0) is 21.8 Å². The molecule has 3 rings (SSSR count). The molecule has 0 N–H and O–H groups in total. The van der Waals surface area contributed by atoms with Crippen LogP contribution in [0.25, 0.3) is 0 Å². The fourth-order valence-electron chi connectivity index (χ4n) is 2.73. The molecule has 1 saturated heterocycles. The number of aryl methyl sites for hydroxylation is 1. The summed E-state index contributed by atoms with van der Waals surface area (Å²) in [6.45, 7) is 0.248. The summed E-state index contributed by atoms with van der Waals surface area (Å²) in [4.78, 5) is 25.7. The lowest BCUT2D eigenvalue weighted by Gasteiger charge is -2.39. The van der Waals surface area contributed by atoms with Crippen molar-refractivity contribution in [1.82, 2.24) is 4.90 Å². The first kappa shape index (κ1) is 16.8. The zero-order valence-corrected chi connectivity index (χ0v) is 14.4. The predicted octanol–water partition coefficient (Wildman–Crippen LogP) is 3.68. The van der Waals surface area contributed by atoms with E-state index in [1.165, 1.54) is 5.56 Å². The predicted molar refractivity (Wildman–Crippen MR) is 97.6 cm³/mol. The summed E-state index contributed by atoms with van der Waals surface area (Å²) in [7, 11) is 0. The van der Waals surface area contributed by atoms with Gasteiger partial charge in [-0.15, -0.1) is 11.8 Å². The highest BCUT2D eigenvalue weighted by Crippen LogP contribution is 2.31. The summed E-state index contributed by atoms with van der Waals surface area (Å²) in [5.74, 6) is 1.10. The second kappa shape index (κ2) is 8.15.